The quantitative estimate of drug-likeness (QED) is 0.296. The predicted octanol–water partition coefficient (Wildman–Crippen LogP) is 4.52. The maximum Gasteiger partial charge on any atom is 0.264 e. The number of sulfonamides is 1. The minimum Gasteiger partial charge on any atom is -0.497 e. The third kappa shape index (κ3) is 7.60. The van der Waals surface area contributed by atoms with Gasteiger partial charge in [0.25, 0.3) is 10.0 Å². The van der Waals surface area contributed by atoms with E-state index < -0.39 is 34.3 Å². The van der Waals surface area contributed by atoms with Crippen LogP contribution in [0.2, 0.25) is 0 Å². The van der Waals surface area contributed by atoms with Crippen LogP contribution in [0.15, 0.2) is 71.6 Å². The number of rotatable bonds is 13. The Morgan fingerprint density at radius 1 is 0.977 bits per heavy atom. The van der Waals surface area contributed by atoms with Crippen molar-refractivity contribution in [3.63, 3.8) is 0 Å². The second-order valence-electron chi connectivity index (χ2n) is 10.4. The summed E-state index contributed by atoms with van der Waals surface area (Å²) in [6.07, 6.45) is 0.974. The molecule has 3 aromatic rings. The summed E-state index contributed by atoms with van der Waals surface area (Å²) in [6.45, 7) is 5.55. The van der Waals surface area contributed by atoms with E-state index in [9.17, 15) is 22.4 Å². The van der Waals surface area contributed by atoms with Crippen LogP contribution in [0.4, 0.5) is 10.1 Å². The van der Waals surface area contributed by atoms with Gasteiger partial charge in [-0.2, -0.15) is 0 Å². The van der Waals surface area contributed by atoms with Crippen molar-refractivity contribution in [3.8, 4) is 17.2 Å². The molecule has 44 heavy (non-hydrogen) atoms. The summed E-state index contributed by atoms with van der Waals surface area (Å²) in [5, 5.41) is 2.94. The fourth-order valence-corrected chi connectivity index (χ4v) is 6.21. The second-order valence-corrected chi connectivity index (χ2v) is 12.3. The van der Waals surface area contributed by atoms with Crippen molar-refractivity contribution in [2.75, 3.05) is 31.2 Å². The van der Waals surface area contributed by atoms with Gasteiger partial charge < -0.3 is 24.4 Å². The molecule has 12 heteroatoms. The number of ether oxygens (including phenoxy) is 3. The molecule has 1 heterocycles. The summed E-state index contributed by atoms with van der Waals surface area (Å²) in [4.78, 5) is 28.9. The standard InChI is InChI=1S/C32H38FN3O7S/c1-5-22(3)34-32(38)28(6-2)35(20-23-8-7-9-26(18-23)41-4)31(37)21-36(25-12-10-24(33)11-13-25)44(39,40)27-14-15-29-30(19-27)43-17-16-42-29/h7-15,18-19,22,28H,5-6,16-17,20-21H2,1-4H3,(H,34,38)/t22-,28-/m0/s1. The number of carbonyl (C=O) groups is 2. The zero-order valence-electron chi connectivity index (χ0n) is 25.3. The Morgan fingerprint density at radius 3 is 2.34 bits per heavy atom. The van der Waals surface area contributed by atoms with E-state index in [0.717, 1.165) is 16.4 Å². The Hall–Kier alpha value is -4.32. The van der Waals surface area contributed by atoms with Gasteiger partial charge in [-0.3, -0.25) is 13.9 Å². The topological polar surface area (TPSA) is 114 Å². The molecule has 0 fully saturated rings. The normalized spacial score (nSPS) is 13.8. The third-order valence-corrected chi connectivity index (χ3v) is 9.14. The molecule has 1 aliphatic heterocycles. The van der Waals surface area contributed by atoms with Crippen LogP contribution in [0.3, 0.4) is 0 Å². The largest absolute Gasteiger partial charge is 0.497 e. The van der Waals surface area contributed by atoms with Crippen molar-refractivity contribution in [2.45, 2.75) is 57.1 Å². The first kappa shape index (κ1) is 32.6. The van der Waals surface area contributed by atoms with Gasteiger partial charge >= 0.3 is 0 Å². The summed E-state index contributed by atoms with van der Waals surface area (Å²) in [5.74, 6) is -0.298. The molecule has 236 valence electrons. The lowest BCUT2D eigenvalue weighted by atomic mass is 10.1. The monoisotopic (exact) mass is 627 g/mol. The number of halogens is 1. The number of benzene rings is 3. The highest BCUT2D eigenvalue weighted by Crippen LogP contribution is 2.34. The first-order chi connectivity index (χ1) is 21.1. The number of nitrogens with one attached hydrogen (secondary N) is 1. The molecule has 2 amide bonds. The van der Waals surface area contributed by atoms with E-state index in [2.05, 4.69) is 5.32 Å². The van der Waals surface area contributed by atoms with Crippen LogP contribution in [0, 0.1) is 5.82 Å². The van der Waals surface area contributed by atoms with Crippen molar-refractivity contribution in [3.05, 3.63) is 78.1 Å². The molecule has 10 nitrogen and oxygen atoms in total. The highest BCUT2D eigenvalue weighted by atomic mass is 32.2. The molecule has 2 atom stereocenters. The van der Waals surface area contributed by atoms with Crippen LogP contribution >= 0.6 is 0 Å². The van der Waals surface area contributed by atoms with E-state index in [1.807, 2.05) is 13.8 Å². The van der Waals surface area contributed by atoms with Crippen molar-refractivity contribution in [1.29, 1.82) is 0 Å². The highest BCUT2D eigenvalue weighted by Gasteiger charge is 2.34. The van der Waals surface area contributed by atoms with Gasteiger partial charge in [-0.15, -0.1) is 0 Å². The van der Waals surface area contributed by atoms with Gasteiger partial charge in [-0.1, -0.05) is 26.0 Å². The summed E-state index contributed by atoms with van der Waals surface area (Å²) >= 11 is 0. The average Bonchev–Trinajstić information content (AvgIpc) is 3.03. The van der Waals surface area contributed by atoms with Gasteiger partial charge in [-0.05, 0) is 73.9 Å². The number of anilines is 1. The number of methoxy groups -OCH3 is 1. The molecule has 4 rings (SSSR count). The molecule has 0 radical (unpaired) electrons. The van der Waals surface area contributed by atoms with Gasteiger partial charge in [0.1, 0.15) is 37.4 Å². The molecule has 3 aromatic carbocycles. The highest BCUT2D eigenvalue weighted by molar-refractivity contribution is 7.92. The SMILES string of the molecule is CC[C@H](C)NC(=O)[C@H](CC)N(Cc1cccc(OC)c1)C(=O)CN(c1ccc(F)cc1)S(=O)(=O)c1ccc2c(c1)OCCO2. The number of fused-ring (bicyclic) bond motifs is 1. The number of hydrogen-bond acceptors (Lipinski definition) is 7. The second kappa shape index (κ2) is 14.4. The lowest BCUT2D eigenvalue weighted by molar-refractivity contribution is -0.140. The van der Waals surface area contributed by atoms with Gasteiger partial charge in [0.15, 0.2) is 11.5 Å². The van der Waals surface area contributed by atoms with Gasteiger partial charge in [-0.25, -0.2) is 12.8 Å². The van der Waals surface area contributed by atoms with Gasteiger partial charge in [0.2, 0.25) is 11.8 Å². The van der Waals surface area contributed by atoms with E-state index in [4.69, 9.17) is 14.2 Å². The fourth-order valence-electron chi connectivity index (χ4n) is 4.78. The lowest BCUT2D eigenvalue weighted by Gasteiger charge is -2.34. The fraction of sp³-hybridized carbons (Fsp3) is 0.375. The van der Waals surface area contributed by atoms with Gasteiger partial charge in [0, 0.05) is 18.7 Å². The summed E-state index contributed by atoms with van der Waals surface area (Å²) in [6, 6.07) is 15.1. The summed E-state index contributed by atoms with van der Waals surface area (Å²) in [5.41, 5.74) is 0.767. The van der Waals surface area contributed by atoms with Crippen LogP contribution in [0.1, 0.15) is 39.2 Å². The van der Waals surface area contributed by atoms with Crippen molar-refractivity contribution >= 4 is 27.5 Å². The molecular formula is C32H38FN3O7S. The molecule has 1 aliphatic rings. The molecule has 1 N–H and O–H groups in total. The van der Waals surface area contributed by atoms with Crippen molar-refractivity contribution in [1.82, 2.24) is 10.2 Å². The van der Waals surface area contributed by atoms with Crippen LogP contribution in [0.25, 0.3) is 0 Å². The maximum absolute atomic E-state index is 14.2. The Labute approximate surface area is 257 Å². The average molecular weight is 628 g/mol. The Morgan fingerprint density at radius 2 is 1.68 bits per heavy atom. The molecular weight excluding hydrogens is 589 g/mol. The summed E-state index contributed by atoms with van der Waals surface area (Å²) < 4.78 is 59.5. The van der Waals surface area contributed by atoms with Crippen LogP contribution in [0.5, 0.6) is 17.2 Å². The van der Waals surface area contributed by atoms with E-state index >= 15 is 0 Å². The number of nitrogens with zero attached hydrogens (tertiary/aromatic N) is 2. The molecule has 0 spiro atoms. The number of amides is 2. The zero-order chi connectivity index (χ0) is 31.9. The smallest absolute Gasteiger partial charge is 0.264 e. The van der Waals surface area contributed by atoms with Crippen LogP contribution in [-0.4, -0.2) is 64.1 Å². The van der Waals surface area contributed by atoms with Gasteiger partial charge in [0.05, 0.1) is 17.7 Å². The molecule has 0 saturated carbocycles. The Balaban J connectivity index is 1.75. The molecule has 0 bridgehead atoms. The number of carbonyl (C=O) groups excluding carboxylic acids is 2. The van der Waals surface area contributed by atoms with Crippen molar-refractivity contribution < 1.29 is 36.6 Å². The predicted molar refractivity (Wildman–Crippen MR) is 164 cm³/mol. The van der Waals surface area contributed by atoms with E-state index in [0.29, 0.717) is 30.1 Å². The molecule has 0 unspecified atom stereocenters. The third-order valence-electron chi connectivity index (χ3n) is 7.37. The lowest BCUT2D eigenvalue weighted by Crippen LogP contribution is -2.53. The minimum atomic E-state index is -4.38. The first-order valence-electron chi connectivity index (χ1n) is 14.5. The molecule has 0 aliphatic carbocycles. The molecule has 0 saturated heterocycles. The zero-order valence-corrected chi connectivity index (χ0v) is 26.1. The van der Waals surface area contributed by atoms with Crippen LogP contribution in [-0.2, 0) is 26.2 Å². The molecule has 0 aromatic heterocycles. The van der Waals surface area contributed by atoms with E-state index in [1.54, 1.807) is 31.2 Å². The maximum atomic E-state index is 14.2. The summed E-state index contributed by atoms with van der Waals surface area (Å²) in [7, 11) is -2.85. The van der Waals surface area contributed by atoms with Crippen molar-refractivity contribution in [2.24, 2.45) is 0 Å². The number of hydrogen-bond donors (Lipinski definition) is 1. The minimum absolute atomic E-state index is 0.0177. The van der Waals surface area contributed by atoms with Crippen LogP contribution < -0.4 is 23.8 Å². The Kier molecular flexibility index (Phi) is 10.7. The Bertz CT molecular complexity index is 1570. The van der Waals surface area contributed by atoms with E-state index in [1.165, 1.54) is 42.3 Å². The van der Waals surface area contributed by atoms with E-state index in [-0.39, 0.29) is 47.9 Å². The first-order valence-corrected chi connectivity index (χ1v) is 15.9.